The van der Waals surface area contributed by atoms with Crippen LogP contribution in [-0.4, -0.2) is 13.3 Å². The zero-order valence-corrected chi connectivity index (χ0v) is 3.83. The Bertz CT molecular complexity index is 96.0. The van der Waals surface area contributed by atoms with Crippen molar-refractivity contribution in [1.29, 1.82) is 0 Å². The highest BCUT2D eigenvalue weighted by atomic mass is 16.7. The fourth-order valence-electron chi connectivity index (χ4n) is 0.314. The second-order valence-corrected chi connectivity index (χ2v) is 1.11. The lowest BCUT2D eigenvalue weighted by atomic mass is 10.7. The third-order valence-corrected chi connectivity index (χ3v) is 0.590. The minimum Gasteiger partial charge on any atom is -0.415 e. The Balaban J connectivity index is 2.30. The van der Waals surface area contributed by atoms with Crippen LogP contribution in [0.1, 0.15) is 0 Å². The Morgan fingerprint density at radius 1 is 1.86 bits per heavy atom. The largest absolute Gasteiger partial charge is 0.415 e. The summed E-state index contributed by atoms with van der Waals surface area (Å²) in [5.74, 6) is 0. The lowest BCUT2D eigenvalue weighted by molar-refractivity contribution is 0.0388. The Morgan fingerprint density at radius 3 is 3.86 bits per heavy atom. The summed E-state index contributed by atoms with van der Waals surface area (Å²) in [4.78, 5) is 4.60. The molecule has 0 saturated heterocycles. The molecule has 40 valence electrons. The quantitative estimate of drug-likeness (QED) is 0.467. The van der Waals surface area contributed by atoms with Gasteiger partial charge in [-0.15, -0.1) is 5.47 Å². The fourth-order valence-corrected chi connectivity index (χ4v) is 0.314. The summed E-state index contributed by atoms with van der Waals surface area (Å²) in [6.07, 6.45) is 3.13. The molecule has 0 aromatic heterocycles. The van der Waals surface area contributed by atoms with Crippen LogP contribution in [0.4, 0.5) is 0 Å². The molecule has 0 bridgehead atoms. The number of rotatable bonds is 0. The number of hydroxylamine groups is 1. The molecule has 3 heteroatoms. The van der Waals surface area contributed by atoms with Crippen molar-refractivity contribution in [1.82, 2.24) is 5.47 Å². The van der Waals surface area contributed by atoms with Gasteiger partial charge in [0.15, 0.2) is 1.41 Å². The maximum atomic E-state index is 6.85. The van der Waals surface area contributed by atoms with Crippen LogP contribution >= 0.6 is 0 Å². The monoisotopic (exact) mass is 102 g/mol. The Hall–Kier alpha value is -0.540. The average Bonchev–Trinajstić information content (AvgIpc) is 1.94. The molecule has 1 rings (SSSR count). The van der Waals surface area contributed by atoms with Crippen molar-refractivity contribution in [3.63, 3.8) is 0 Å². The van der Waals surface area contributed by atoms with E-state index in [0.29, 0.717) is 6.61 Å². The van der Waals surface area contributed by atoms with Gasteiger partial charge in [-0.25, -0.2) is 0 Å². The summed E-state index contributed by atoms with van der Waals surface area (Å²) >= 11 is 0. The van der Waals surface area contributed by atoms with Gasteiger partial charge in [0.2, 0.25) is 0 Å². The van der Waals surface area contributed by atoms with Crippen LogP contribution in [0, 0.1) is 0 Å². The molecule has 0 aromatic rings. The molecule has 1 N–H and O–H groups in total. The van der Waals surface area contributed by atoms with E-state index in [2.05, 4.69) is 4.84 Å². The van der Waals surface area contributed by atoms with E-state index in [1.165, 1.54) is 6.26 Å². The average molecular weight is 102 g/mol. The minimum atomic E-state index is 0.201. The standard InChI is InChI=1S/C4H7NO2/c1-2-6-4-5-7-3-1/h1,3,5H,2,4H2/i/hD. The van der Waals surface area contributed by atoms with Crippen molar-refractivity contribution < 1.29 is 11.0 Å². The molecule has 0 radical (unpaired) electrons. The van der Waals surface area contributed by atoms with Gasteiger partial charge in [-0.3, -0.25) is 0 Å². The second kappa shape index (κ2) is 2.60. The maximum absolute atomic E-state index is 6.85. The molecule has 1 aliphatic heterocycles. The molecule has 7 heavy (non-hydrogen) atoms. The van der Waals surface area contributed by atoms with Crippen LogP contribution in [0.15, 0.2) is 12.3 Å². The molecule has 0 aliphatic carbocycles. The predicted molar refractivity (Wildman–Crippen MR) is 24.2 cm³/mol. The van der Waals surface area contributed by atoms with Crippen molar-refractivity contribution >= 4 is 0 Å². The van der Waals surface area contributed by atoms with E-state index >= 15 is 0 Å². The molecule has 0 amide bonds. The second-order valence-electron chi connectivity index (χ2n) is 1.11. The van der Waals surface area contributed by atoms with Crippen LogP contribution in [0.3, 0.4) is 0 Å². The summed E-state index contributed by atoms with van der Waals surface area (Å²) in [5.41, 5.74) is 0.865. The summed E-state index contributed by atoms with van der Waals surface area (Å²) in [6, 6.07) is 0. The van der Waals surface area contributed by atoms with Crippen LogP contribution in [0.25, 0.3) is 0 Å². The van der Waals surface area contributed by atoms with Crippen LogP contribution < -0.4 is 5.47 Å². The molecular formula is C4H7NO2. The lowest BCUT2D eigenvalue weighted by Gasteiger charge is -1.95. The molecular weight excluding hydrogens is 94.0 g/mol. The van der Waals surface area contributed by atoms with E-state index in [-0.39, 0.29) is 6.73 Å². The number of nitrogens with one attached hydrogen (secondary N) is 1. The van der Waals surface area contributed by atoms with Gasteiger partial charge in [0.25, 0.3) is 0 Å². The van der Waals surface area contributed by atoms with Crippen molar-refractivity contribution in [2.75, 3.05) is 13.3 Å². The van der Waals surface area contributed by atoms with Gasteiger partial charge in [-0.1, -0.05) is 0 Å². The van der Waals surface area contributed by atoms with E-state index in [0.717, 1.165) is 5.47 Å². The van der Waals surface area contributed by atoms with E-state index < -0.39 is 0 Å². The highest BCUT2D eigenvalue weighted by Crippen LogP contribution is 1.81. The first-order valence-electron chi connectivity index (χ1n) is 2.50. The molecule has 0 aromatic carbocycles. The van der Waals surface area contributed by atoms with Gasteiger partial charge in [0.05, 0.1) is 6.61 Å². The summed E-state index contributed by atoms with van der Waals surface area (Å²) in [6.45, 7) is 0.725. The maximum Gasteiger partial charge on any atom is 0.171 e. The Kier molecular flexibility index (Phi) is 1.29. The van der Waals surface area contributed by atoms with Gasteiger partial charge in [0.1, 0.15) is 13.0 Å². The first kappa shape index (κ1) is 3.46. The zero-order valence-electron chi connectivity index (χ0n) is 4.83. The number of hydrogen-bond donors (Lipinski definition) is 1. The molecule has 0 atom stereocenters. The minimum absolute atomic E-state index is 0.201. The van der Waals surface area contributed by atoms with Gasteiger partial charge in [-0.2, -0.15) is 0 Å². The normalized spacial score (nSPS) is 25.4. The van der Waals surface area contributed by atoms with Crippen molar-refractivity contribution in [2.45, 2.75) is 0 Å². The van der Waals surface area contributed by atoms with Crippen molar-refractivity contribution in [3.05, 3.63) is 12.3 Å². The van der Waals surface area contributed by atoms with Crippen molar-refractivity contribution in [2.24, 2.45) is 0 Å². The van der Waals surface area contributed by atoms with Gasteiger partial charge in [0, 0.05) is 0 Å². The molecule has 0 spiro atoms. The van der Waals surface area contributed by atoms with E-state index in [1.807, 2.05) is 0 Å². The van der Waals surface area contributed by atoms with Gasteiger partial charge in [-0.05, 0) is 6.08 Å². The SMILES string of the molecule is [2H]N1COCC=CO1. The Labute approximate surface area is 43.3 Å². The number of ether oxygens (including phenoxy) is 1. The highest BCUT2D eigenvalue weighted by Gasteiger charge is 1.85. The summed E-state index contributed by atoms with van der Waals surface area (Å²) in [7, 11) is 0. The smallest absolute Gasteiger partial charge is 0.171 e. The number of hydrogen-bond acceptors (Lipinski definition) is 3. The Morgan fingerprint density at radius 2 is 2.86 bits per heavy atom. The molecule has 1 heterocycles. The van der Waals surface area contributed by atoms with Gasteiger partial charge < -0.3 is 9.57 Å². The van der Waals surface area contributed by atoms with E-state index in [9.17, 15) is 0 Å². The van der Waals surface area contributed by atoms with Crippen LogP contribution in [0.5, 0.6) is 0 Å². The first-order chi connectivity index (χ1) is 3.89. The summed E-state index contributed by atoms with van der Waals surface area (Å²) in [5, 5.41) is 0. The van der Waals surface area contributed by atoms with Gasteiger partial charge >= 0.3 is 0 Å². The van der Waals surface area contributed by atoms with Crippen molar-refractivity contribution in [3.8, 4) is 0 Å². The molecule has 1 aliphatic rings. The third kappa shape index (κ3) is 1.57. The molecule has 3 nitrogen and oxygen atoms in total. The van der Waals surface area contributed by atoms with Crippen LogP contribution in [0.2, 0.25) is 1.41 Å². The molecule has 0 fully saturated rings. The van der Waals surface area contributed by atoms with Crippen LogP contribution in [-0.2, 0) is 9.57 Å². The summed E-state index contributed by atoms with van der Waals surface area (Å²) < 4.78 is 11.7. The molecule has 0 saturated carbocycles. The third-order valence-electron chi connectivity index (χ3n) is 0.590. The predicted octanol–water partition coefficient (Wildman–Crippen LogP) is 0.00900. The topological polar surface area (TPSA) is 30.5 Å². The highest BCUT2D eigenvalue weighted by molar-refractivity contribution is 4.72. The fraction of sp³-hybridized carbons (Fsp3) is 0.500. The lowest BCUT2D eigenvalue weighted by Crippen LogP contribution is -2.12. The van der Waals surface area contributed by atoms with E-state index in [1.54, 1.807) is 6.08 Å². The molecule has 0 unspecified atom stereocenters. The zero-order chi connectivity index (χ0) is 5.82. The van der Waals surface area contributed by atoms with E-state index in [4.69, 9.17) is 6.15 Å². The first-order valence-corrected chi connectivity index (χ1v) is 2.05.